The van der Waals surface area contributed by atoms with E-state index in [0.717, 1.165) is 18.4 Å². The number of rotatable bonds is 3. The van der Waals surface area contributed by atoms with E-state index in [1.165, 1.54) is 12.1 Å². The molecule has 0 aliphatic carbocycles. The van der Waals surface area contributed by atoms with Gasteiger partial charge in [0.2, 0.25) is 5.91 Å². The minimum Gasteiger partial charge on any atom is -0.325 e. The van der Waals surface area contributed by atoms with Gasteiger partial charge in [0.15, 0.2) is 0 Å². The highest BCUT2D eigenvalue weighted by atomic mass is 19.1. The molecule has 0 saturated heterocycles. The van der Waals surface area contributed by atoms with Crippen molar-refractivity contribution in [3.8, 4) is 0 Å². The molecule has 3 N–H and O–H groups in total. The van der Waals surface area contributed by atoms with Gasteiger partial charge in [-0.05, 0) is 36.6 Å². The maximum Gasteiger partial charge on any atom is 0.231 e. The highest BCUT2D eigenvalue weighted by molar-refractivity contribution is 6.03. The van der Waals surface area contributed by atoms with E-state index in [4.69, 9.17) is 5.73 Å². The number of carbonyl (C=O) groups is 1. The van der Waals surface area contributed by atoms with Gasteiger partial charge in [-0.1, -0.05) is 13.3 Å². The quantitative estimate of drug-likeness (QED) is 0.847. The van der Waals surface area contributed by atoms with Crippen LogP contribution in [0.25, 0.3) is 0 Å². The van der Waals surface area contributed by atoms with Gasteiger partial charge in [0.25, 0.3) is 0 Å². The fraction of sp³-hybridized carbons (Fsp3) is 0.462. The van der Waals surface area contributed by atoms with Crippen LogP contribution in [0, 0.1) is 5.82 Å². The second kappa shape index (κ2) is 4.45. The van der Waals surface area contributed by atoms with Crippen LogP contribution in [0.2, 0.25) is 0 Å². The summed E-state index contributed by atoms with van der Waals surface area (Å²) in [5, 5.41) is 2.80. The topological polar surface area (TPSA) is 55.1 Å². The molecule has 4 heteroatoms. The van der Waals surface area contributed by atoms with Gasteiger partial charge in [-0.25, -0.2) is 4.39 Å². The highest BCUT2D eigenvalue weighted by Crippen LogP contribution is 2.38. The Morgan fingerprint density at radius 3 is 2.88 bits per heavy atom. The lowest BCUT2D eigenvalue weighted by Gasteiger charge is -2.15. The van der Waals surface area contributed by atoms with Gasteiger partial charge < -0.3 is 11.1 Å². The highest BCUT2D eigenvalue weighted by Gasteiger charge is 2.30. The summed E-state index contributed by atoms with van der Waals surface area (Å²) in [6.45, 7) is 3.80. The van der Waals surface area contributed by atoms with Crippen LogP contribution in [0.3, 0.4) is 0 Å². The van der Waals surface area contributed by atoms with E-state index in [1.54, 1.807) is 6.92 Å². The van der Waals surface area contributed by atoms with Crippen molar-refractivity contribution in [3.05, 3.63) is 29.1 Å². The van der Waals surface area contributed by atoms with E-state index in [9.17, 15) is 9.18 Å². The SMILES string of the molecule is CCCC(N)c1cc(F)cc2c1NC(=O)C2C. The average Bonchev–Trinajstić information content (AvgIpc) is 2.55. The van der Waals surface area contributed by atoms with Gasteiger partial charge in [0, 0.05) is 11.7 Å². The Labute approximate surface area is 100 Å². The second-order valence-electron chi connectivity index (χ2n) is 4.57. The van der Waals surface area contributed by atoms with Crippen LogP contribution in [0.4, 0.5) is 10.1 Å². The number of amides is 1. The van der Waals surface area contributed by atoms with Crippen molar-refractivity contribution < 1.29 is 9.18 Å². The molecule has 1 aliphatic heterocycles. The van der Waals surface area contributed by atoms with E-state index in [-0.39, 0.29) is 23.7 Å². The number of carbonyl (C=O) groups excluding carboxylic acids is 1. The smallest absolute Gasteiger partial charge is 0.231 e. The fourth-order valence-electron chi connectivity index (χ4n) is 2.27. The lowest BCUT2D eigenvalue weighted by molar-refractivity contribution is -0.116. The Morgan fingerprint density at radius 2 is 2.24 bits per heavy atom. The van der Waals surface area contributed by atoms with E-state index < -0.39 is 0 Å². The predicted octanol–water partition coefficient (Wildman–Crippen LogP) is 2.68. The van der Waals surface area contributed by atoms with E-state index in [2.05, 4.69) is 5.32 Å². The zero-order chi connectivity index (χ0) is 12.6. The first-order valence-electron chi connectivity index (χ1n) is 5.94. The molecule has 1 aromatic rings. The molecule has 1 aliphatic rings. The molecular weight excluding hydrogens is 219 g/mol. The van der Waals surface area contributed by atoms with Crippen LogP contribution in [0.1, 0.15) is 49.8 Å². The number of hydrogen-bond acceptors (Lipinski definition) is 2. The van der Waals surface area contributed by atoms with Crippen molar-refractivity contribution in [2.24, 2.45) is 5.73 Å². The van der Waals surface area contributed by atoms with Gasteiger partial charge >= 0.3 is 0 Å². The van der Waals surface area contributed by atoms with Crippen LogP contribution in [0.15, 0.2) is 12.1 Å². The van der Waals surface area contributed by atoms with Crippen LogP contribution in [-0.4, -0.2) is 5.91 Å². The fourth-order valence-corrected chi connectivity index (χ4v) is 2.27. The molecule has 0 spiro atoms. The van der Waals surface area contributed by atoms with Gasteiger partial charge in [-0.2, -0.15) is 0 Å². The van der Waals surface area contributed by atoms with Crippen molar-refractivity contribution in [1.29, 1.82) is 0 Å². The minimum atomic E-state index is -0.325. The zero-order valence-corrected chi connectivity index (χ0v) is 10.1. The maximum atomic E-state index is 13.5. The first kappa shape index (κ1) is 12.0. The van der Waals surface area contributed by atoms with Crippen molar-refractivity contribution in [2.45, 2.75) is 38.6 Å². The molecule has 1 aromatic carbocycles. The molecule has 1 heterocycles. The summed E-state index contributed by atoms with van der Waals surface area (Å²) in [6.07, 6.45) is 1.70. The number of fused-ring (bicyclic) bond motifs is 1. The van der Waals surface area contributed by atoms with Crippen molar-refractivity contribution >= 4 is 11.6 Å². The Bertz CT molecular complexity index is 459. The van der Waals surface area contributed by atoms with Crippen LogP contribution in [0.5, 0.6) is 0 Å². The summed E-state index contributed by atoms with van der Waals surface area (Å²) in [7, 11) is 0. The van der Waals surface area contributed by atoms with Gasteiger partial charge in [0.05, 0.1) is 5.92 Å². The first-order valence-corrected chi connectivity index (χ1v) is 5.94. The Balaban J connectivity index is 2.48. The number of anilines is 1. The van der Waals surface area contributed by atoms with Gasteiger partial charge in [-0.15, -0.1) is 0 Å². The number of benzene rings is 1. The average molecular weight is 236 g/mol. The molecule has 3 nitrogen and oxygen atoms in total. The molecule has 0 saturated carbocycles. The summed E-state index contributed by atoms with van der Waals surface area (Å²) in [6, 6.07) is 2.62. The van der Waals surface area contributed by atoms with Gasteiger partial charge in [0.1, 0.15) is 5.82 Å². The van der Waals surface area contributed by atoms with Gasteiger partial charge in [-0.3, -0.25) is 4.79 Å². The molecule has 0 fully saturated rings. The lowest BCUT2D eigenvalue weighted by Crippen LogP contribution is -2.13. The van der Waals surface area contributed by atoms with Crippen LogP contribution in [-0.2, 0) is 4.79 Å². The largest absolute Gasteiger partial charge is 0.325 e. The summed E-state index contributed by atoms with van der Waals surface area (Å²) in [5.41, 5.74) is 8.16. The Hall–Kier alpha value is -1.42. The van der Waals surface area contributed by atoms with E-state index >= 15 is 0 Å². The van der Waals surface area contributed by atoms with Crippen molar-refractivity contribution in [1.82, 2.24) is 0 Å². The molecule has 92 valence electrons. The summed E-state index contributed by atoms with van der Waals surface area (Å²) >= 11 is 0. The molecule has 0 radical (unpaired) electrons. The molecule has 2 atom stereocenters. The second-order valence-corrected chi connectivity index (χ2v) is 4.57. The van der Waals surface area contributed by atoms with Crippen LogP contribution >= 0.6 is 0 Å². The summed E-state index contributed by atoms with van der Waals surface area (Å²) in [4.78, 5) is 11.6. The molecular formula is C13H17FN2O. The Kier molecular flexibility index (Phi) is 3.15. The molecule has 2 rings (SSSR count). The number of halogens is 1. The van der Waals surface area contributed by atoms with E-state index in [0.29, 0.717) is 11.3 Å². The predicted molar refractivity (Wildman–Crippen MR) is 65.3 cm³/mol. The normalized spacial score (nSPS) is 20.0. The number of nitrogens with one attached hydrogen (secondary N) is 1. The standard InChI is InChI=1S/C13H17FN2O/c1-3-4-11(15)10-6-8(14)5-9-7(2)13(17)16-12(9)10/h5-7,11H,3-4,15H2,1-2H3,(H,16,17). The molecule has 1 amide bonds. The maximum absolute atomic E-state index is 13.5. The third-order valence-corrected chi connectivity index (χ3v) is 3.27. The van der Waals surface area contributed by atoms with Crippen molar-refractivity contribution in [3.63, 3.8) is 0 Å². The van der Waals surface area contributed by atoms with E-state index in [1.807, 2.05) is 6.92 Å². The molecule has 2 unspecified atom stereocenters. The molecule has 0 aromatic heterocycles. The lowest BCUT2D eigenvalue weighted by atomic mass is 9.95. The van der Waals surface area contributed by atoms with Crippen LogP contribution < -0.4 is 11.1 Å². The summed E-state index contributed by atoms with van der Waals surface area (Å²) < 4.78 is 13.5. The minimum absolute atomic E-state index is 0.0875. The molecule has 17 heavy (non-hydrogen) atoms. The zero-order valence-electron chi connectivity index (χ0n) is 10.1. The third kappa shape index (κ3) is 2.05. The molecule has 0 bridgehead atoms. The Morgan fingerprint density at radius 1 is 1.53 bits per heavy atom. The monoisotopic (exact) mass is 236 g/mol. The number of nitrogens with two attached hydrogens (primary N) is 1. The van der Waals surface area contributed by atoms with Crippen molar-refractivity contribution in [2.75, 3.05) is 5.32 Å². The first-order chi connectivity index (χ1) is 8.04. The third-order valence-electron chi connectivity index (χ3n) is 3.27. The number of hydrogen-bond donors (Lipinski definition) is 2. The summed E-state index contributed by atoms with van der Waals surface area (Å²) in [5.74, 6) is -0.711.